The van der Waals surface area contributed by atoms with Gasteiger partial charge in [0, 0.05) is 12.7 Å². The van der Waals surface area contributed by atoms with Crippen LogP contribution in [-0.4, -0.2) is 34.6 Å². The van der Waals surface area contributed by atoms with E-state index in [4.69, 9.17) is 5.11 Å². The first kappa shape index (κ1) is 15.9. The quantitative estimate of drug-likeness (QED) is 0.707. The predicted octanol–water partition coefficient (Wildman–Crippen LogP) is 1.74. The standard InChI is InChI=1S/C14H21N3O3/c1-4-7-15-13(18)10-5-6-11(16-8-10)17-12(9(2)3)14(19)20/h5-6,8-9,12H,4,7H2,1-3H3,(H,15,18)(H,16,17)(H,19,20)/t12-/m0/s1. The lowest BCUT2D eigenvalue weighted by Crippen LogP contribution is -2.34. The minimum absolute atomic E-state index is 0.0678. The summed E-state index contributed by atoms with van der Waals surface area (Å²) in [4.78, 5) is 26.8. The number of hydrogen-bond donors (Lipinski definition) is 3. The maximum Gasteiger partial charge on any atom is 0.326 e. The van der Waals surface area contributed by atoms with Gasteiger partial charge < -0.3 is 15.7 Å². The van der Waals surface area contributed by atoms with Crippen molar-refractivity contribution in [1.29, 1.82) is 0 Å². The molecule has 1 aromatic heterocycles. The van der Waals surface area contributed by atoms with Crippen LogP contribution in [0.5, 0.6) is 0 Å². The third-order valence-electron chi connectivity index (χ3n) is 2.80. The van der Waals surface area contributed by atoms with E-state index >= 15 is 0 Å². The minimum Gasteiger partial charge on any atom is -0.480 e. The Kier molecular flexibility index (Phi) is 5.96. The normalized spacial score (nSPS) is 12.0. The molecule has 1 amide bonds. The zero-order chi connectivity index (χ0) is 15.1. The van der Waals surface area contributed by atoms with E-state index in [1.165, 1.54) is 6.20 Å². The van der Waals surface area contributed by atoms with E-state index in [0.29, 0.717) is 17.9 Å². The van der Waals surface area contributed by atoms with Crippen molar-refractivity contribution in [3.8, 4) is 0 Å². The van der Waals surface area contributed by atoms with Gasteiger partial charge in [0.2, 0.25) is 0 Å². The summed E-state index contributed by atoms with van der Waals surface area (Å²) < 4.78 is 0. The van der Waals surface area contributed by atoms with Crippen molar-refractivity contribution in [1.82, 2.24) is 10.3 Å². The third kappa shape index (κ3) is 4.53. The molecule has 1 aromatic rings. The Labute approximate surface area is 118 Å². The largest absolute Gasteiger partial charge is 0.480 e. The second-order valence-corrected chi connectivity index (χ2v) is 4.89. The smallest absolute Gasteiger partial charge is 0.326 e. The van der Waals surface area contributed by atoms with Gasteiger partial charge in [-0.25, -0.2) is 9.78 Å². The number of anilines is 1. The van der Waals surface area contributed by atoms with Crippen molar-refractivity contribution in [2.75, 3.05) is 11.9 Å². The SMILES string of the molecule is CCCNC(=O)c1ccc(N[C@H](C(=O)O)C(C)C)nc1. The van der Waals surface area contributed by atoms with Crippen molar-refractivity contribution in [2.45, 2.75) is 33.2 Å². The van der Waals surface area contributed by atoms with Gasteiger partial charge in [0.15, 0.2) is 0 Å². The van der Waals surface area contributed by atoms with Gasteiger partial charge in [-0.05, 0) is 24.5 Å². The third-order valence-corrected chi connectivity index (χ3v) is 2.80. The summed E-state index contributed by atoms with van der Waals surface area (Å²) in [5.74, 6) is -0.726. The highest BCUT2D eigenvalue weighted by Crippen LogP contribution is 2.11. The van der Waals surface area contributed by atoms with Crippen LogP contribution in [0.15, 0.2) is 18.3 Å². The van der Waals surface area contributed by atoms with Gasteiger partial charge in [0.25, 0.3) is 5.91 Å². The number of rotatable bonds is 7. The Bertz CT molecular complexity index is 457. The molecule has 0 unspecified atom stereocenters. The molecular formula is C14H21N3O3. The van der Waals surface area contributed by atoms with Crippen molar-refractivity contribution >= 4 is 17.7 Å². The molecule has 1 rings (SSSR count). The molecule has 0 aliphatic heterocycles. The first-order chi connectivity index (χ1) is 9.45. The van der Waals surface area contributed by atoms with Crippen LogP contribution in [-0.2, 0) is 4.79 Å². The Morgan fingerprint density at radius 1 is 1.35 bits per heavy atom. The molecule has 0 radical (unpaired) electrons. The molecular weight excluding hydrogens is 258 g/mol. The maximum atomic E-state index is 11.7. The van der Waals surface area contributed by atoms with Crippen LogP contribution >= 0.6 is 0 Å². The van der Waals surface area contributed by atoms with E-state index in [0.717, 1.165) is 6.42 Å². The Morgan fingerprint density at radius 3 is 2.50 bits per heavy atom. The van der Waals surface area contributed by atoms with E-state index < -0.39 is 12.0 Å². The minimum atomic E-state index is -0.924. The zero-order valence-corrected chi connectivity index (χ0v) is 12.0. The van der Waals surface area contributed by atoms with E-state index in [2.05, 4.69) is 15.6 Å². The van der Waals surface area contributed by atoms with Crippen LogP contribution in [0, 0.1) is 5.92 Å². The molecule has 6 heteroatoms. The molecule has 0 bridgehead atoms. The molecule has 0 aliphatic rings. The van der Waals surface area contributed by atoms with E-state index in [1.54, 1.807) is 12.1 Å². The summed E-state index contributed by atoms with van der Waals surface area (Å²) in [6.07, 6.45) is 2.31. The Morgan fingerprint density at radius 2 is 2.05 bits per heavy atom. The molecule has 110 valence electrons. The first-order valence-corrected chi connectivity index (χ1v) is 6.69. The number of carbonyl (C=O) groups is 2. The van der Waals surface area contributed by atoms with Crippen molar-refractivity contribution in [2.24, 2.45) is 5.92 Å². The van der Waals surface area contributed by atoms with Gasteiger partial charge in [-0.1, -0.05) is 20.8 Å². The molecule has 0 aromatic carbocycles. The van der Waals surface area contributed by atoms with Crippen LogP contribution in [0.4, 0.5) is 5.82 Å². The Balaban J connectivity index is 2.71. The van der Waals surface area contributed by atoms with Gasteiger partial charge in [0.05, 0.1) is 5.56 Å². The summed E-state index contributed by atoms with van der Waals surface area (Å²) in [5, 5.41) is 14.7. The average molecular weight is 279 g/mol. The number of carboxylic acid groups (broad SMARTS) is 1. The number of pyridine rings is 1. The van der Waals surface area contributed by atoms with Gasteiger partial charge in [-0.3, -0.25) is 4.79 Å². The fourth-order valence-electron chi connectivity index (χ4n) is 1.63. The predicted molar refractivity (Wildman–Crippen MR) is 76.7 cm³/mol. The van der Waals surface area contributed by atoms with Crippen LogP contribution in [0.1, 0.15) is 37.6 Å². The lowest BCUT2D eigenvalue weighted by molar-refractivity contribution is -0.138. The number of nitrogens with zero attached hydrogens (tertiary/aromatic N) is 1. The monoisotopic (exact) mass is 279 g/mol. The van der Waals surface area contributed by atoms with E-state index in [-0.39, 0.29) is 11.8 Å². The summed E-state index contributed by atoms with van der Waals surface area (Å²) in [5.41, 5.74) is 0.459. The van der Waals surface area contributed by atoms with Gasteiger partial charge in [-0.15, -0.1) is 0 Å². The second kappa shape index (κ2) is 7.47. The summed E-state index contributed by atoms with van der Waals surface area (Å²) >= 11 is 0. The summed E-state index contributed by atoms with van der Waals surface area (Å²) in [6, 6.07) is 2.53. The topological polar surface area (TPSA) is 91.3 Å². The summed E-state index contributed by atoms with van der Waals surface area (Å²) in [6.45, 7) is 6.23. The van der Waals surface area contributed by atoms with Gasteiger partial charge in [-0.2, -0.15) is 0 Å². The highest BCUT2D eigenvalue weighted by molar-refractivity contribution is 5.94. The van der Waals surface area contributed by atoms with Gasteiger partial charge in [0.1, 0.15) is 11.9 Å². The zero-order valence-electron chi connectivity index (χ0n) is 12.0. The number of nitrogens with one attached hydrogen (secondary N) is 2. The first-order valence-electron chi connectivity index (χ1n) is 6.69. The highest BCUT2D eigenvalue weighted by atomic mass is 16.4. The molecule has 20 heavy (non-hydrogen) atoms. The van der Waals surface area contributed by atoms with E-state index in [9.17, 15) is 9.59 Å². The van der Waals surface area contributed by atoms with Crippen molar-refractivity contribution in [3.63, 3.8) is 0 Å². The lowest BCUT2D eigenvalue weighted by Gasteiger charge is -2.18. The Hall–Kier alpha value is -2.11. The van der Waals surface area contributed by atoms with Crippen LogP contribution in [0.2, 0.25) is 0 Å². The maximum absolute atomic E-state index is 11.7. The molecule has 1 atom stereocenters. The molecule has 3 N–H and O–H groups in total. The number of amides is 1. The molecule has 1 heterocycles. The number of carbonyl (C=O) groups excluding carboxylic acids is 1. The molecule has 6 nitrogen and oxygen atoms in total. The highest BCUT2D eigenvalue weighted by Gasteiger charge is 2.21. The van der Waals surface area contributed by atoms with Crippen LogP contribution in [0.25, 0.3) is 0 Å². The van der Waals surface area contributed by atoms with Gasteiger partial charge >= 0.3 is 5.97 Å². The van der Waals surface area contributed by atoms with Crippen molar-refractivity contribution < 1.29 is 14.7 Å². The fourth-order valence-corrected chi connectivity index (χ4v) is 1.63. The number of aliphatic carboxylic acids is 1. The molecule has 0 saturated heterocycles. The fraction of sp³-hybridized carbons (Fsp3) is 0.500. The van der Waals surface area contributed by atoms with E-state index in [1.807, 2.05) is 20.8 Å². The second-order valence-electron chi connectivity index (χ2n) is 4.89. The number of aromatic nitrogens is 1. The number of carboxylic acids is 1. The molecule has 0 spiro atoms. The van der Waals surface area contributed by atoms with Crippen LogP contribution in [0.3, 0.4) is 0 Å². The van der Waals surface area contributed by atoms with Crippen molar-refractivity contribution in [3.05, 3.63) is 23.9 Å². The summed E-state index contributed by atoms with van der Waals surface area (Å²) in [7, 11) is 0. The number of hydrogen-bond acceptors (Lipinski definition) is 4. The molecule has 0 aliphatic carbocycles. The van der Waals surface area contributed by atoms with Crippen LogP contribution < -0.4 is 10.6 Å². The molecule has 0 fully saturated rings. The molecule has 0 saturated carbocycles. The lowest BCUT2D eigenvalue weighted by atomic mass is 10.1. The average Bonchev–Trinajstić information content (AvgIpc) is 2.42.